The summed E-state index contributed by atoms with van der Waals surface area (Å²) in [6.45, 7) is 6.55. The standard InChI is InChI=1S/C57H104O6/c1-4-7-10-13-16-19-22-25-27-28-29-31-32-35-38-41-44-47-50-56(59)62-53-54(52-61-55(58)49-46-43-40-37-34-24-21-18-15-12-9-6-3)63-57(60)51-48-45-42-39-36-33-30-26-23-20-17-14-11-8-5-2/h8,11,17,20,26,30,54H,4-7,9-10,12-16,18-19,21-25,27-29,31-53H2,1-3H3/b11-8-,20-17-,30-26-. The summed E-state index contributed by atoms with van der Waals surface area (Å²) in [4.78, 5) is 38.0. The van der Waals surface area contributed by atoms with Gasteiger partial charge in [-0.25, -0.2) is 0 Å². The summed E-state index contributed by atoms with van der Waals surface area (Å²) in [5, 5.41) is 0. The van der Waals surface area contributed by atoms with Crippen molar-refractivity contribution in [3.63, 3.8) is 0 Å². The average Bonchev–Trinajstić information content (AvgIpc) is 3.28. The maximum absolute atomic E-state index is 12.8. The van der Waals surface area contributed by atoms with Crippen LogP contribution < -0.4 is 0 Å². The van der Waals surface area contributed by atoms with Crippen molar-refractivity contribution in [1.82, 2.24) is 0 Å². The van der Waals surface area contributed by atoms with Gasteiger partial charge in [0.25, 0.3) is 0 Å². The molecule has 0 radical (unpaired) electrons. The van der Waals surface area contributed by atoms with E-state index in [1.54, 1.807) is 0 Å². The molecule has 0 N–H and O–H groups in total. The van der Waals surface area contributed by atoms with E-state index in [9.17, 15) is 14.4 Å². The number of allylic oxidation sites excluding steroid dienone is 6. The van der Waals surface area contributed by atoms with E-state index < -0.39 is 6.10 Å². The Bertz CT molecular complexity index is 1060. The highest BCUT2D eigenvalue weighted by Crippen LogP contribution is 2.16. The van der Waals surface area contributed by atoms with Crippen LogP contribution in [-0.2, 0) is 28.6 Å². The number of hydrogen-bond donors (Lipinski definition) is 0. The molecule has 0 aromatic carbocycles. The minimum Gasteiger partial charge on any atom is -0.462 e. The van der Waals surface area contributed by atoms with E-state index in [4.69, 9.17) is 14.2 Å². The SMILES string of the molecule is CC/C=C\C/C=C\C/C=C\CCCCCCCC(=O)OC(COC(=O)CCCCCCCCCCCCCC)COC(=O)CCCCCCCCCCCCCCCCCCCC. The Morgan fingerprint density at radius 2 is 0.619 bits per heavy atom. The summed E-state index contributed by atoms with van der Waals surface area (Å²) >= 11 is 0. The van der Waals surface area contributed by atoms with Gasteiger partial charge in [0.15, 0.2) is 6.10 Å². The molecular weight excluding hydrogens is 781 g/mol. The molecule has 0 aliphatic heterocycles. The highest BCUT2D eigenvalue weighted by molar-refractivity contribution is 5.71. The number of carbonyl (C=O) groups excluding carboxylic acids is 3. The normalized spacial score (nSPS) is 12.2. The first kappa shape index (κ1) is 60.6. The van der Waals surface area contributed by atoms with Crippen LogP contribution in [0.15, 0.2) is 36.5 Å². The zero-order valence-electron chi connectivity index (χ0n) is 42.1. The third kappa shape index (κ3) is 50.5. The van der Waals surface area contributed by atoms with Gasteiger partial charge < -0.3 is 14.2 Å². The quantitative estimate of drug-likeness (QED) is 0.0262. The lowest BCUT2D eigenvalue weighted by Crippen LogP contribution is -2.30. The lowest BCUT2D eigenvalue weighted by molar-refractivity contribution is -0.167. The Hall–Kier alpha value is -2.37. The number of rotatable bonds is 50. The maximum atomic E-state index is 12.8. The molecule has 0 saturated heterocycles. The maximum Gasteiger partial charge on any atom is 0.306 e. The van der Waals surface area contributed by atoms with Crippen molar-refractivity contribution in [3.05, 3.63) is 36.5 Å². The van der Waals surface area contributed by atoms with Crippen molar-refractivity contribution in [2.24, 2.45) is 0 Å². The number of carbonyl (C=O) groups is 3. The molecule has 0 amide bonds. The van der Waals surface area contributed by atoms with Crippen LogP contribution in [0.1, 0.15) is 290 Å². The van der Waals surface area contributed by atoms with E-state index in [0.29, 0.717) is 19.3 Å². The summed E-state index contributed by atoms with van der Waals surface area (Å²) < 4.78 is 16.8. The lowest BCUT2D eigenvalue weighted by Gasteiger charge is -2.18. The highest BCUT2D eigenvalue weighted by atomic mass is 16.6. The fourth-order valence-electron chi connectivity index (χ4n) is 8.05. The zero-order valence-corrected chi connectivity index (χ0v) is 42.1. The molecular formula is C57H104O6. The molecule has 0 aliphatic rings. The largest absolute Gasteiger partial charge is 0.462 e. The summed E-state index contributed by atoms with van der Waals surface area (Å²) in [5.41, 5.74) is 0. The van der Waals surface area contributed by atoms with Gasteiger partial charge in [0.2, 0.25) is 0 Å². The summed E-state index contributed by atoms with van der Waals surface area (Å²) in [7, 11) is 0. The van der Waals surface area contributed by atoms with E-state index >= 15 is 0 Å². The highest BCUT2D eigenvalue weighted by Gasteiger charge is 2.19. The van der Waals surface area contributed by atoms with Crippen molar-refractivity contribution in [2.75, 3.05) is 13.2 Å². The van der Waals surface area contributed by atoms with Crippen LogP contribution in [-0.4, -0.2) is 37.2 Å². The van der Waals surface area contributed by atoms with E-state index in [-0.39, 0.29) is 31.1 Å². The first-order chi connectivity index (χ1) is 31.0. The third-order valence-electron chi connectivity index (χ3n) is 12.2. The monoisotopic (exact) mass is 885 g/mol. The average molecular weight is 885 g/mol. The molecule has 6 heteroatoms. The van der Waals surface area contributed by atoms with Crippen LogP contribution in [0.3, 0.4) is 0 Å². The number of unbranched alkanes of at least 4 members (excludes halogenated alkanes) is 33. The summed E-state index contributed by atoms with van der Waals surface area (Å²) in [6.07, 6.45) is 61.3. The van der Waals surface area contributed by atoms with Crippen molar-refractivity contribution < 1.29 is 28.6 Å². The summed E-state index contributed by atoms with van der Waals surface area (Å²) in [6, 6.07) is 0. The second kappa shape index (κ2) is 52.3. The van der Waals surface area contributed by atoms with Gasteiger partial charge in [0, 0.05) is 19.3 Å². The molecule has 1 unspecified atom stereocenters. The predicted octanol–water partition coefficient (Wildman–Crippen LogP) is 18.1. The van der Waals surface area contributed by atoms with Gasteiger partial charge >= 0.3 is 17.9 Å². The van der Waals surface area contributed by atoms with Crippen molar-refractivity contribution in [1.29, 1.82) is 0 Å². The Morgan fingerprint density at radius 1 is 0.333 bits per heavy atom. The first-order valence-corrected chi connectivity index (χ1v) is 27.5. The molecule has 0 aromatic heterocycles. The van der Waals surface area contributed by atoms with Crippen molar-refractivity contribution >= 4 is 17.9 Å². The van der Waals surface area contributed by atoms with Gasteiger partial charge in [-0.1, -0.05) is 256 Å². The molecule has 0 bridgehead atoms. The molecule has 0 rings (SSSR count). The second-order valence-electron chi connectivity index (χ2n) is 18.5. The van der Waals surface area contributed by atoms with Crippen LogP contribution in [0.4, 0.5) is 0 Å². The third-order valence-corrected chi connectivity index (χ3v) is 12.2. The van der Waals surface area contributed by atoms with E-state index in [2.05, 4.69) is 57.2 Å². The molecule has 63 heavy (non-hydrogen) atoms. The van der Waals surface area contributed by atoms with Gasteiger partial charge in [-0.3, -0.25) is 14.4 Å². The van der Waals surface area contributed by atoms with Crippen LogP contribution in [0.2, 0.25) is 0 Å². The molecule has 368 valence electrons. The number of hydrogen-bond acceptors (Lipinski definition) is 6. The minimum absolute atomic E-state index is 0.0747. The Balaban J connectivity index is 4.33. The van der Waals surface area contributed by atoms with E-state index in [0.717, 1.165) is 96.3 Å². The van der Waals surface area contributed by atoms with Crippen LogP contribution in [0.25, 0.3) is 0 Å². The second-order valence-corrected chi connectivity index (χ2v) is 18.5. The first-order valence-electron chi connectivity index (χ1n) is 27.5. The molecule has 0 aromatic rings. The fourth-order valence-corrected chi connectivity index (χ4v) is 8.05. The topological polar surface area (TPSA) is 78.9 Å². The number of ether oxygens (including phenoxy) is 3. The molecule has 0 heterocycles. The number of esters is 3. The van der Waals surface area contributed by atoms with Crippen LogP contribution >= 0.6 is 0 Å². The van der Waals surface area contributed by atoms with Gasteiger partial charge in [-0.05, 0) is 51.4 Å². The Labute approximate surface area is 391 Å². The zero-order chi connectivity index (χ0) is 45.8. The summed E-state index contributed by atoms with van der Waals surface area (Å²) in [5.74, 6) is -0.876. The van der Waals surface area contributed by atoms with Gasteiger partial charge in [-0.2, -0.15) is 0 Å². The molecule has 0 saturated carbocycles. The molecule has 1 atom stereocenters. The van der Waals surface area contributed by atoms with Crippen LogP contribution in [0, 0.1) is 0 Å². The predicted molar refractivity (Wildman–Crippen MR) is 270 cm³/mol. The van der Waals surface area contributed by atoms with Gasteiger partial charge in [0.1, 0.15) is 13.2 Å². The Kier molecular flexibility index (Phi) is 50.3. The van der Waals surface area contributed by atoms with E-state index in [1.807, 2.05) is 0 Å². The van der Waals surface area contributed by atoms with Gasteiger partial charge in [0.05, 0.1) is 0 Å². The molecule has 0 aliphatic carbocycles. The van der Waals surface area contributed by atoms with Gasteiger partial charge in [-0.15, -0.1) is 0 Å². The molecule has 6 nitrogen and oxygen atoms in total. The van der Waals surface area contributed by atoms with Crippen molar-refractivity contribution in [3.8, 4) is 0 Å². The fraction of sp³-hybridized carbons (Fsp3) is 0.842. The smallest absolute Gasteiger partial charge is 0.306 e. The lowest BCUT2D eigenvalue weighted by atomic mass is 10.0. The van der Waals surface area contributed by atoms with E-state index in [1.165, 1.54) is 154 Å². The molecule has 0 spiro atoms. The van der Waals surface area contributed by atoms with Crippen molar-refractivity contribution in [2.45, 2.75) is 297 Å². The van der Waals surface area contributed by atoms with Crippen LogP contribution in [0.5, 0.6) is 0 Å². The Morgan fingerprint density at radius 3 is 0.968 bits per heavy atom. The minimum atomic E-state index is -0.776. The molecule has 0 fully saturated rings.